The highest BCUT2D eigenvalue weighted by Crippen LogP contribution is 2.22. The number of aliphatic hydroxyl groups is 1. The Labute approximate surface area is 105 Å². The van der Waals surface area contributed by atoms with Crippen molar-refractivity contribution in [2.24, 2.45) is 0 Å². The van der Waals surface area contributed by atoms with E-state index < -0.39 is 12.1 Å². The van der Waals surface area contributed by atoms with Crippen molar-refractivity contribution in [1.82, 2.24) is 0 Å². The molecule has 1 unspecified atom stereocenters. The summed E-state index contributed by atoms with van der Waals surface area (Å²) in [5.74, 6) is -1.32. The van der Waals surface area contributed by atoms with E-state index in [0.29, 0.717) is 6.42 Å². The third-order valence-electron chi connectivity index (χ3n) is 3.09. The van der Waals surface area contributed by atoms with Gasteiger partial charge in [0.15, 0.2) is 0 Å². The zero-order chi connectivity index (χ0) is 13.1. The average Bonchev–Trinajstić information content (AvgIpc) is 2.36. The Morgan fingerprint density at radius 1 is 0.882 bits per heavy atom. The molecule has 0 aliphatic heterocycles. The zero-order valence-electron chi connectivity index (χ0n) is 11.7. The largest absolute Gasteiger partial charge is 0.385 e. The van der Waals surface area contributed by atoms with E-state index in [0.717, 1.165) is 12.8 Å². The maximum absolute atomic E-state index is 9.99. The lowest BCUT2D eigenvalue weighted by atomic mass is 10.1. The molecule has 0 radical (unpaired) electrons. The molecule has 1 atom stereocenters. The number of methoxy groups -OCH3 is 3. The van der Waals surface area contributed by atoms with E-state index in [1.807, 2.05) is 0 Å². The topological polar surface area (TPSA) is 47.9 Å². The first-order chi connectivity index (χ1) is 8.16. The summed E-state index contributed by atoms with van der Waals surface area (Å²) in [7, 11) is 4.41. The molecule has 0 saturated heterocycles. The second-order valence-electron chi connectivity index (χ2n) is 4.29. The van der Waals surface area contributed by atoms with Gasteiger partial charge in [-0.2, -0.15) is 0 Å². The number of aliphatic hydroxyl groups excluding tert-OH is 1. The van der Waals surface area contributed by atoms with Crippen LogP contribution in [0.25, 0.3) is 0 Å². The van der Waals surface area contributed by atoms with Gasteiger partial charge >= 0.3 is 5.97 Å². The van der Waals surface area contributed by atoms with Gasteiger partial charge in [-0.15, -0.1) is 0 Å². The van der Waals surface area contributed by atoms with Gasteiger partial charge in [-0.25, -0.2) is 0 Å². The molecule has 4 nitrogen and oxygen atoms in total. The van der Waals surface area contributed by atoms with Gasteiger partial charge in [0, 0.05) is 21.3 Å². The summed E-state index contributed by atoms with van der Waals surface area (Å²) < 4.78 is 15.3. The Kier molecular flexibility index (Phi) is 9.74. The molecule has 1 N–H and O–H groups in total. The average molecular weight is 248 g/mol. The Hall–Kier alpha value is -0.160. The van der Waals surface area contributed by atoms with Crippen molar-refractivity contribution in [1.29, 1.82) is 0 Å². The second-order valence-corrected chi connectivity index (χ2v) is 4.29. The third-order valence-corrected chi connectivity index (χ3v) is 3.09. The van der Waals surface area contributed by atoms with Crippen LogP contribution in [0.1, 0.15) is 51.9 Å². The summed E-state index contributed by atoms with van der Waals surface area (Å²) >= 11 is 0. The van der Waals surface area contributed by atoms with Crippen LogP contribution in [-0.2, 0) is 14.2 Å². The Bertz CT molecular complexity index is 161. The fraction of sp³-hybridized carbons (Fsp3) is 1.00. The Morgan fingerprint density at radius 3 is 1.82 bits per heavy atom. The van der Waals surface area contributed by atoms with Gasteiger partial charge in [0.05, 0.1) is 0 Å². The Morgan fingerprint density at radius 2 is 1.35 bits per heavy atom. The highest BCUT2D eigenvalue weighted by molar-refractivity contribution is 4.69. The molecule has 0 saturated carbocycles. The van der Waals surface area contributed by atoms with E-state index in [1.165, 1.54) is 47.0 Å². The second kappa shape index (κ2) is 9.83. The predicted octanol–water partition coefficient (Wildman–Crippen LogP) is 2.69. The van der Waals surface area contributed by atoms with Crippen LogP contribution in [0.3, 0.4) is 0 Å². The van der Waals surface area contributed by atoms with E-state index in [-0.39, 0.29) is 0 Å². The van der Waals surface area contributed by atoms with Crippen LogP contribution >= 0.6 is 0 Å². The van der Waals surface area contributed by atoms with Crippen molar-refractivity contribution in [3.05, 3.63) is 0 Å². The van der Waals surface area contributed by atoms with E-state index in [2.05, 4.69) is 6.92 Å². The van der Waals surface area contributed by atoms with Gasteiger partial charge < -0.3 is 19.3 Å². The molecule has 0 heterocycles. The van der Waals surface area contributed by atoms with Crippen molar-refractivity contribution in [2.75, 3.05) is 21.3 Å². The summed E-state index contributed by atoms with van der Waals surface area (Å²) in [4.78, 5) is 0. The fourth-order valence-electron chi connectivity index (χ4n) is 1.95. The van der Waals surface area contributed by atoms with Crippen molar-refractivity contribution in [3.8, 4) is 0 Å². The third kappa shape index (κ3) is 5.82. The van der Waals surface area contributed by atoms with E-state index in [4.69, 9.17) is 14.2 Å². The SMILES string of the molecule is CCCCCCCCC(O)C(OC)(OC)OC. The molecule has 0 aromatic rings. The molecule has 0 aliphatic carbocycles. The first-order valence-electron chi connectivity index (χ1n) is 6.50. The highest BCUT2D eigenvalue weighted by Gasteiger charge is 2.38. The smallest absolute Gasteiger partial charge is 0.309 e. The quantitative estimate of drug-likeness (QED) is 0.451. The van der Waals surface area contributed by atoms with Crippen LogP contribution in [0.5, 0.6) is 0 Å². The summed E-state index contributed by atoms with van der Waals surface area (Å²) in [6, 6.07) is 0. The predicted molar refractivity (Wildman–Crippen MR) is 67.8 cm³/mol. The molecule has 0 spiro atoms. The normalized spacial score (nSPS) is 13.9. The van der Waals surface area contributed by atoms with Crippen molar-refractivity contribution in [3.63, 3.8) is 0 Å². The van der Waals surface area contributed by atoms with Gasteiger partial charge in [0.2, 0.25) is 0 Å². The molecule has 0 fully saturated rings. The molecule has 0 bridgehead atoms. The molecule has 104 valence electrons. The number of unbranched alkanes of at least 4 members (excludes halogenated alkanes) is 5. The van der Waals surface area contributed by atoms with Crippen LogP contribution < -0.4 is 0 Å². The Balaban J connectivity index is 3.79. The van der Waals surface area contributed by atoms with Gasteiger partial charge in [0.25, 0.3) is 0 Å². The standard InChI is InChI=1S/C13H28O4/c1-5-6-7-8-9-10-11-12(14)13(15-2,16-3)17-4/h12,14H,5-11H2,1-4H3. The number of hydrogen-bond acceptors (Lipinski definition) is 4. The molecule has 4 heteroatoms. The van der Waals surface area contributed by atoms with Crippen LogP contribution in [0.15, 0.2) is 0 Å². The van der Waals surface area contributed by atoms with Crippen LogP contribution in [0, 0.1) is 0 Å². The minimum absolute atomic E-state index is 0.627. The van der Waals surface area contributed by atoms with Crippen molar-refractivity contribution < 1.29 is 19.3 Å². The van der Waals surface area contributed by atoms with Gasteiger partial charge in [0.1, 0.15) is 6.10 Å². The minimum atomic E-state index is -1.32. The van der Waals surface area contributed by atoms with Crippen LogP contribution in [0.4, 0.5) is 0 Å². The van der Waals surface area contributed by atoms with Crippen molar-refractivity contribution >= 4 is 0 Å². The highest BCUT2D eigenvalue weighted by atomic mass is 16.9. The van der Waals surface area contributed by atoms with E-state index in [1.54, 1.807) is 0 Å². The summed E-state index contributed by atoms with van der Waals surface area (Å²) in [6.45, 7) is 2.20. The first-order valence-corrected chi connectivity index (χ1v) is 6.50. The summed E-state index contributed by atoms with van der Waals surface area (Å²) in [5.41, 5.74) is 0. The van der Waals surface area contributed by atoms with Crippen LogP contribution in [0.2, 0.25) is 0 Å². The van der Waals surface area contributed by atoms with Crippen LogP contribution in [-0.4, -0.2) is 38.5 Å². The van der Waals surface area contributed by atoms with E-state index >= 15 is 0 Å². The lowest BCUT2D eigenvalue weighted by molar-refractivity contribution is -0.389. The lowest BCUT2D eigenvalue weighted by Gasteiger charge is -2.33. The number of hydrogen-bond donors (Lipinski definition) is 1. The molecule has 0 aromatic carbocycles. The fourth-order valence-corrected chi connectivity index (χ4v) is 1.95. The summed E-state index contributed by atoms with van der Waals surface area (Å²) in [6.07, 6.45) is 7.00. The number of rotatable bonds is 11. The molecular weight excluding hydrogens is 220 g/mol. The van der Waals surface area contributed by atoms with Crippen molar-refractivity contribution in [2.45, 2.75) is 63.9 Å². The first kappa shape index (κ1) is 16.8. The molecule has 0 aliphatic rings. The van der Waals surface area contributed by atoms with Gasteiger partial charge in [-0.1, -0.05) is 45.4 Å². The van der Waals surface area contributed by atoms with Gasteiger partial charge in [-0.05, 0) is 6.42 Å². The number of ether oxygens (including phenoxy) is 3. The molecule has 17 heavy (non-hydrogen) atoms. The van der Waals surface area contributed by atoms with E-state index in [9.17, 15) is 5.11 Å². The minimum Gasteiger partial charge on any atom is -0.385 e. The molecule has 0 aromatic heterocycles. The molecule has 0 rings (SSSR count). The molecule has 0 amide bonds. The summed E-state index contributed by atoms with van der Waals surface area (Å²) in [5, 5.41) is 9.99. The lowest BCUT2D eigenvalue weighted by Crippen LogP contribution is -2.47. The zero-order valence-corrected chi connectivity index (χ0v) is 11.7. The van der Waals surface area contributed by atoms with Gasteiger partial charge in [-0.3, -0.25) is 0 Å². The maximum atomic E-state index is 9.99. The maximum Gasteiger partial charge on any atom is 0.309 e. The monoisotopic (exact) mass is 248 g/mol. The molecular formula is C13H28O4.